The minimum absolute atomic E-state index is 0.136. The third kappa shape index (κ3) is 2.43. The first kappa shape index (κ1) is 15.7. The number of nitrogens with zero attached hydrogens (tertiary/aromatic N) is 1. The molecule has 0 amide bonds. The molecule has 2 atom stereocenters. The van der Waals surface area contributed by atoms with Crippen LogP contribution in [-0.4, -0.2) is 35.9 Å². The molecular formula is C20H20ClNO2. The van der Waals surface area contributed by atoms with Crippen LogP contribution in [0.3, 0.4) is 0 Å². The van der Waals surface area contributed by atoms with Crippen LogP contribution in [-0.2, 0) is 12.8 Å². The van der Waals surface area contributed by atoms with E-state index in [1.165, 1.54) is 16.7 Å². The number of carbonyl (C=O) groups excluding carboxylic acids is 1. The van der Waals surface area contributed by atoms with Gasteiger partial charge in [0, 0.05) is 24.1 Å². The van der Waals surface area contributed by atoms with Crippen molar-refractivity contribution in [3.8, 4) is 5.75 Å². The van der Waals surface area contributed by atoms with Gasteiger partial charge in [0.2, 0.25) is 0 Å². The number of fused-ring (bicyclic) bond motifs is 5. The summed E-state index contributed by atoms with van der Waals surface area (Å²) in [5, 5.41) is 10.6. The van der Waals surface area contributed by atoms with E-state index in [1.54, 1.807) is 0 Å². The van der Waals surface area contributed by atoms with Crippen LogP contribution in [0.2, 0.25) is 5.02 Å². The number of rotatable bonds is 1. The molecule has 24 heavy (non-hydrogen) atoms. The topological polar surface area (TPSA) is 40.5 Å². The number of phenolic OH excluding ortho intramolecular Hbond substituents is 1. The quantitative estimate of drug-likeness (QED) is 0.802. The number of phenols is 1. The van der Waals surface area contributed by atoms with Crippen molar-refractivity contribution >= 4 is 17.9 Å². The smallest absolute Gasteiger partial charge is 0.150 e. The minimum atomic E-state index is 0.136. The second kappa shape index (κ2) is 5.91. The summed E-state index contributed by atoms with van der Waals surface area (Å²) in [5.41, 5.74) is 5.57. The molecule has 1 aliphatic heterocycles. The van der Waals surface area contributed by atoms with E-state index in [2.05, 4.69) is 18.0 Å². The van der Waals surface area contributed by atoms with Crippen molar-refractivity contribution < 1.29 is 9.90 Å². The molecule has 0 saturated heterocycles. The van der Waals surface area contributed by atoms with Gasteiger partial charge in [-0.2, -0.15) is 0 Å². The number of hydrogen-bond donors (Lipinski definition) is 1. The Bertz CT molecular complexity index is 818. The molecule has 1 heterocycles. The number of benzene rings is 2. The van der Waals surface area contributed by atoms with Crippen molar-refractivity contribution in [2.45, 2.75) is 31.2 Å². The molecule has 0 radical (unpaired) electrons. The van der Waals surface area contributed by atoms with Crippen LogP contribution >= 0.6 is 11.6 Å². The molecule has 3 nitrogen and oxygen atoms in total. The van der Waals surface area contributed by atoms with Crippen LogP contribution in [0.25, 0.3) is 0 Å². The Morgan fingerprint density at radius 1 is 1.17 bits per heavy atom. The van der Waals surface area contributed by atoms with Crippen LogP contribution in [0.1, 0.15) is 45.0 Å². The van der Waals surface area contributed by atoms with Gasteiger partial charge in [-0.25, -0.2) is 0 Å². The van der Waals surface area contributed by atoms with E-state index in [1.807, 2.05) is 24.3 Å². The molecule has 4 heteroatoms. The predicted molar refractivity (Wildman–Crippen MR) is 95.2 cm³/mol. The first-order chi connectivity index (χ1) is 11.6. The summed E-state index contributed by atoms with van der Waals surface area (Å²) in [4.78, 5) is 13.7. The summed E-state index contributed by atoms with van der Waals surface area (Å²) < 4.78 is 0. The Balaban J connectivity index is 1.95. The maximum Gasteiger partial charge on any atom is 0.150 e. The second-order valence-corrected chi connectivity index (χ2v) is 7.30. The molecule has 4 rings (SSSR count). The van der Waals surface area contributed by atoms with E-state index in [-0.39, 0.29) is 11.7 Å². The van der Waals surface area contributed by atoms with Crippen LogP contribution in [0.15, 0.2) is 30.3 Å². The minimum Gasteiger partial charge on any atom is -0.506 e. The van der Waals surface area contributed by atoms with Crippen molar-refractivity contribution in [2.75, 3.05) is 13.6 Å². The maximum absolute atomic E-state index is 11.3. The molecule has 0 bridgehead atoms. The highest BCUT2D eigenvalue weighted by atomic mass is 35.5. The Kier molecular flexibility index (Phi) is 3.86. The largest absolute Gasteiger partial charge is 0.506 e. The summed E-state index contributed by atoms with van der Waals surface area (Å²) in [6.07, 6.45) is 3.93. The zero-order valence-electron chi connectivity index (χ0n) is 13.6. The van der Waals surface area contributed by atoms with Crippen LogP contribution in [0.5, 0.6) is 5.75 Å². The molecule has 0 fully saturated rings. The van der Waals surface area contributed by atoms with Gasteiger partial charge in [-0.05, 0) is 66.8 Å². The molecule has 0 spiro atoms. The highest BCUT2D eigenvalue weighted by molar-refractivity contribution is 6.32. The normalized spacial score (nSPS) is 22.9. The number of hydrogen-bond acceptors (Lipinski definition) is 3. The third-order valence-electron chi connectivity index (χ3n) is 5.58. The summed E-state index contributed by atoms with van der Waals surface area (Å²) in [6.45, 7) is 0.970. The highest BCUT2D eigenvalue weighted by Gasteiger charge is 2.36. The summed E-state index contributed by atoms with van der Waals surface area (Å²) >= 11 is 6.15. The Morgan fingerprint density at radius 2 is 1.96 bits per heavy atom. The van der Waals surface area contributed by atoms with Gasteiger partial charge in [0.05, 0.1) is 5.02 Å². The molecular weight excluding hydrogens is 322 g/mol. The Labute approximate surface area is 146 Å². The van der Waals surface area contributed by atoms with E-state index in [0.29, 0.717) is 16.6 Å². The third-order valence-corrected chi connectivity index (χ3v) is 5.88. The summed E-state index contributed by atoms with van der Waals surface area (Å²) in [5.74, 6) is 0.303. The monoisotopic (exact) mass is 341 g/mol. The molecule has 2 unspecified atom stereocenters. The van der Waals surface area contributed by atoms with Gasteiger partial charge in [0.1, 0.15) is 12.0 Å². The lowest BCUT2D eigenvalue weighted by Gasteiger charge is -2.38. The molecule has 2 aromatic rings. The molecule has 0 saturated carbocycles. The second-order valence-electron chi connectivity index (χ2n) is 6.89. The first-order valence-corrected chi connectivity index (χ1v) is 8.76. The van der Waals surface area contributed by atoms with Crippen molar-refractivity contribution in [2.24, 2.45) is 0 Å². The lowest BCUT2D eigenvalue weighted by molar-refractivity contribution is 0.112. The van der Waals surface area contributed by atoms with E-state index >= 15 is 0 Å². The van der Waals surface area contributed by atoms with Crippen molar-refractivity contribution in [3.63, 3.8) is 0 Å². The summed E-state index contributed by atoms with van der Waals surface area (Å²) in [7, 11) is 2.17. The average molecular weight is 342 g/mol. The molecule has 2 aromatic carbocycles. The van der Waals surface area contributed by atoms with Gasteiger partial charge in [-0.1, -0.05) is 23.7 Å². The van der Waals surface area contributed by atoms with Crippen LogP contribution < -0.4 is 0 Å². The fraction of sp³-hybridized carbons (Fsp3) is 0.350. The average Bonchev–Trinajstić information content (AvgIpc) is 2.73. The van der Waals surface area contributed by atoms with Gasteiger partial charge in [-0.15, -0.1) is 0 Å². The number of carbonyl (C=O) groups is 1. The number of aldehydes is 1. The van der Waals surface area contributed by atoms with Gasteiger partial charge in [0.25, 0.3) is 0 Å². The van der Waals surface area contributed by atoms with E-state index in [9.17, 15) is 9.90 Å². The highest BCUT2D eigenvalue weighted by Crippen LogP contribution is 2.44. The van der Waals surface area contributed by atoms with Crippen LogP contribution in [0, 0.1) is 0 Å². The molecule has 124 valence electrons. The van der Waals surface area contributed by atoms with Gasteiger partial charge >= 0.3 is 0 Å². The Hall–Kier alpha value is -1.84. The molecule has 1 aliphatic carbocycles. The fourth-order valence-corrected chi connectivity index (χ4v) is 4.50. The molecule has 0 aromatic heterocycles. The Morgan fingerprint density at radius 3 is 2.75 bits per heavy atom. The standard InChI is InChI=1S/C20H20ClNO2/c1-22-7-6-14-9-17(21)19(24)10-16(14)20-15-8-12(11-23)2-3-13(15)4-5-18(20)22/h2-3,8-11,18,20,24H,4-7H2,1H3. The van der Waals surface area contributed by atoms with E-state index in [4.69, 9.17) is 11.6 Å². The number of aryl methyl sites for hydroxylation is 1. The SMILES string of the molecule is CN1CCc2cc(Cl)c(O)cc2C2c3cc(C=O)ccc3CCC21. The molecule has 1 N–H and O–H groups in total. The number of halogens is 1. The number of likely N-dealkylation sites (N-methyl/N-ethyl adjacent to an activating group) is 1. The van der Waals surface area contributed by atoms with Gasteiger partial charge in [-0.3, -0.25) is 4.79 Å². The lowest BCUT2D eigenvalue weighted by Crippen LogP contribution is -2.39. The number of aromatic hydroxyl groups is 1. The van der Waals surface area contributed by atoms with Crippen LogP contribution in [0.4, 0.5) is 0 Å². The lowest BCUT2D eigenvalue weighted by atomic mass is 9.74. The zero-order valence-corrected chi connectivity index (χ0v) is 14.4. The van der Waals surface area contributed by atoms with Gasteiger partial charge in [0.15, 0.2) is 0 Å². The fourth-order valence-electron chi connectivity index (χ4n) is 4.32. The van der Waals surface area contributed by atoms with E-state index in [0.717, 1.165) is 37.7 Å². The summed E-state index contributed by atoms with van der Waals surface area (Å²) in [6, 6.07) is 10.1. The predicted octanol–water partition coefficient (Wildman–Crippen LogP) is 3.79. The maximum atomic E-state index is 11.3. The van der Waals surface area contributed by atoms with Crippen molar-refractivity contribution in [1.82, 2.24) is 4.90 Å². The van der Waals surface area contributed by atoms with Crippen molar-refractivity contribution in [1.29, 1.82) is 0 Å². The molecule has 2 aliphatic rings. The van der Waals surface area contributed by atoms with Crippen molar-refractivity contribution in [3.05, 3.63) is 63.2 Å². The van der Waals surface area contributed by atoms with E-state index < -0.39 is 0 Å². The first-order valence-electron chi connectivity index (χ1n) is 8.38. The van der Waals surface area contributed by atoms with Gasteiger partial charge < -0.3 is 10.0 Å². The zero-order chi connectivity index (χ0) is 16.8.